The van der Waals surface area contributed by atoms with Crippen molar-refractivity contribution in [2.24, 2.45) is 0 Å². The first kappa shape index (κ1) is 14.6. The minimum Gasteiger partial charge on any atom is -0.507 e. The third-order valence-corrected chi connectivity index (χ3v) is 3.11. The molecule has 0 aliphatic heterocycles. The molecule has 0 aromatic heterocycles. The van der Waals surface area contributed by atoms with Gasteiger partial charge in [-0.05, 0) is 36.2 Å². The molecule has 0 aliphatic carbocycles. The van der Waals surface area contributed by atoms with Gasteiger partial charge in [-0.2, -0.15) is 0 Å². The number of carbonyl (C=O) groups is 2. The molecule has 0 heterocycles. The highest BCUT2D eigenvalue weighted by Gasteiger charge is 2.12. The second-order valence-corrected chi connectivity index (χ2v) is 4.66. The number of benzene rings is 2. The van der Waals surface area contributed by atoms with E-state index >= 15 is 0 Å². The van der Waals surface area contributed by atoms with Gasteiger partial charge in [-0.15, -0.1) is 0 Å². The van der Waals surface area contributed by atoms with Crippen LogP contribution >= 0.6 is 0 Å². The molecule has 108 valence electrons. The van der Waals surface area contributed by atoms with E-state index in [-0.39, 0.29) is 23.4 Å². The fraction of sp³-hybridized carbons (Fsp3) is 0.125. The van der Waals surface area contributed by atoms with Crippen LogP contribution in [-0.2, 0) is 6.54 Å². The molecule has 5 nitrogen and oxygen atoms in total. The molecule has 0 saturated heterocycles. The number of carboxylic acids is 1. The van der Waals surface area contributed by atoms with E-state index in [0.29, 0.717) is 11.1 Å². The summed E-state index contributed by atoms with van der Waals surface area (Å²) >= 11 is 0. The summed E-state index contributed by atoms with van der Waals surface area (Å²) in [5.74, 6) is -1.47. The van der Waals surface area contributed by atoms with Crippen molar-refractivity contribution in [3.8, 4) is 5.75 Å². The average molecular weight is 285 g/mol. The van der Waals surface area contributed by atoms with Crippen molar-refractivity contribution >= 4 is 11.9 Å². The van der Waals surface area contributed by atoms with Crippen molar-refractivity contribution in [3.05, 3.63) is 64.7 Å². The molecule has 0 radical (unpaired) electrons. The second-order valence-electron chi connectivity index (χ2n) is 4.66. The molecule has 0 aliphatic rings. The molecule has 2 aromatic carbocycles. The molecule has 0 saturated carbocycles. The zero-order valence-electron chi connectivity index (χ0n) is 11.5. The van der Waals surface area contributed by atoms with E-state index in [9.17, 15) is 14.7 Å². The predicted molar refractivity (Wildman–Crippen MR) is 77.4 cm³/mol. The molecule has 0 atom stereocenters. The summed E-state index contributed by atoms with van der Waals surface area (Å²) < 4.78 is 0. The smallest absolute Gasteiger partial charge is 0.335 e. The number of phenolic OH excluding ortho intramolecular Hbond substituents is 1. The largest absolute Gasteiger partial charge is 0.507 e. The third kappa shape index (κ3) is 3.39. The van der Waals surface area contributed by atoms with Crippen LogP contribution in [0.25, 0.3) is 0 Å². The highest BCUT2D eigenvalue weighted by atomic mass is 16.4. The van der Waals surface area contributed by atoms with Gasteiger partial charge in [0.15, 0.2) is 0 Å². The molecule has 2 rings (SSSR count). The number of amides is 1. The van der Waals surface area contributed by atoms with Crippen molar-refractivity contribution in [2.75, 3.05) is 0 Å². The molecule has 21 heavy (non-hydrogen) atoms. The van der Waals surface area contributed by atoms with Gasteiger partial charge in [0, 0.05) is 6.54 Å². The van der Waals surface area contributed by atoms with E-state index < -0.39 is 11.9 Å². The highest BCUT2D eigenvalue weighted by Crippen LogP contribution is 2.21. The lowest BCUT2D eigenvalue weighted by Gasteiger charge is -2.09. The Morgan fingerprint density at radius 1 is 1.14 bits per heavy atom. The minimum absolute atomic E-state index is 0.0470. The number of para-hydroxylation sites is 1. The lowest BCUT2D eigenvalue weighted by molar-refractivity contribution is 0.0696. The summed E-state index contributed by atoms with van der Waals surface area (Å²) in [6.07, 6.45) is 0. The number of nitrogens with one attached hydrogen (secondary N) is 1. The molecule has 3 N–H and O–H groups in total. The van der Waals surface area contributed by atoms with E-state index in [1.165, 1.54) is 18.2 Å². The fourth-order valence-corrected chi connectivity index (χ4v) is 1.93. The zero-order chi connectivity index (χ0) is 15.4. The lowest BCUT2D eigenvalue weighted by Crippen LogP contribution is -2.23. The van der Waals surface area contributed by atoms with E-state index in [1.807, 2.05) is 0 Å². The van der Waals surface area contributed by atoms with Crippen LogP contribution < -0.4 is 5.32 Å². The number of rotatable bonds is 4. The average Bonchev–Trinajstić information content (AvgIpc) is 2.48. The van der Waals surface area contributed by atoms with E-state index in [4.69, 9.17) is 5.11 Å². The third-order valence-electron chi connectivity index (χ3n) is 3.11. The maximum Gasteiger partial charge on any atom is 0.335 e. The number of phenols is 1. The first-order chi connectivity index (χ1) is 9.99. The summed E-state index contributed by atoms with van der Waals surface area (Å²) in [6.45, 7) is 1.90. The van der Waals surface area contributed by atoms with Gasteiger partial charge < -0.3 is 15.5 Å². The first-order valence-electron chi connectivity index (χ1n) is 6.38. The van der Waals surface area contributed by atoms with Crippen molar-refractivity contribution in [3.63, 3.8) is 0 Å². The van der Waals surface area contributed by atoms with Crippen LogP contribution in [0.1, 0.15) is 31.8 Å². The summed E-state index contributed by atoms with van der Waals surface area (Å²) in [6, 6.07) is 11.3. The lowest BCUT2D eigenvalue weighted by atomic mass is 10.1. The number of aromatic hydroxyl groups is 1. The SMILES string of the molecule is Cc1cccc(C(=O)NCc2cccc(C(=O)O)c2)c1O. The van der Waals surface area contributed by atoms with Gasteiger partial charge in [0.1, 0.15) is 5.75 Å². The summed E-state index contributed by atoms with van der Waals surface area (Å²) in [7, 11) is 0. The Kier molecular flexibility index (Phi) is 4.23. The Labute approximate surface area is 121 Å². The Morgan fingerprint density at radius 2 is 1.86 bits per heavy atom. The topological polar surface area (TPSA) is 86.6 Å². The highest BCUT2D eigenvalue weighted by molar-refractivity contribution is 5.97. The van der Waals surface area contributed by atoms with Crippen molar-refractivity contribution in [1.29, 1.82) is 0 Å². The Balaban J connectivity index is 2.09. The van der Waals surface area contributed by atoms with Gasteiger partial charge in [0.2, 0.25) is 0 Å². The molecule has 0 unspecified atom stereocenters. The van der Waals surface area contributed by atoms with E-state index in [2.05, 4.69) is 5.32 Å². The predicted octanol–water partition coefficient (Wildman–Crippen LogP) is 2.33. The maximum atomic E-state index is 12.0. The number of aryl methyl sites for hydroxylation is 1. The van der Waals surface area contributed by atoms with Gasteiger partial charge in [-0.25, -0.2) is 4.79 Å². The molecular formula is C16H15NO4. The number of carbonyl (C=O) groups excluding carboxylic acids is 1. The molecule has 0 bridgehead atoms. The van der Waals surface area contributed by atoms with Crippen LogP contribution in [0.3, 0.4) is 0 Å². The molecular weight excluding hydrogens is 270 g/mol. The van der Waals surface area contributed by atoms with Crippen LogP contribution in [0, 0.1) is 6.92 Å². The Bertz CT molecular complexity index is 694. The van der Waals surface area contributed by atoms with Gasteiger partial charge in [-0.1, -0.05) is 24.3 Å². The molecule has 0 fully saturated rings. The van der Waals surface area contributed by atoms with E-state index in [1.54, 1.807) is 31.2 Å². The first-order valence-corrected chi connectivity index (χ1v) is 6.38. The molecule has 1 amide bonds. The second kappa shape index (κ2) is 6.09. The van der Waals surface area contributed by atoms with E-state index in [0.717, 1.165) is 0 Å². The minimum atomic E-state index is -1.01. The molecule has 2 aromatic rings. The normalized spacial score (nSPS) is 10.1. The van der Waals surface area contributed by atoms with Crippen molar-refractivity contribution in [1.82, 2.24) is 5.32 Å². The summed E-state index contributed by atoms with van der Waals surface area (Å²) in [5.41, 5.74) is 1.66. The standard InChI is InChI=1S/C16H15NO4/c1-10-4-2-7-13(14(10)18)15(19)17-9-11-5-3-6-12(8-11)16(20)21/h2-8,18H,9H2,1H3,(H,17,19)(H,20,21). The maximum absolute atomic E-state index is 12.0. The summed E-state index contributed by atoms with van der Waals surface area (Å²) in [4.78, 5) is 22.9. The van der Waals surface area contributed by atoms with Crippen LogP contribution in [0.5, 0.6) is 5.75 Å². The van der Waals surface area contributed by atoms with Crippen LogP contribution in [-0.4, -0.2) is 22.1 Å². The summed E-state index contributed by atoms with van der Waals surface area (Å²) in [5, 5.41) is 21.4. The molecule has 5 heteroatoms. The monoisotopic (exact) mass is 285 g/mol. The fourth-order valence-electron chi connectivity index (χ4n) is 1.93. The van der Waals surface area contributed by atoms with Gasteiger partial charge in [0.05, 0.1) is 11.1 Å². The van der Waals surface area contributed by atoms with Gasteiger partial charge >= 0.3 is 5.97 Å². The van der Waals surface area contributed by atoms with Gasteiger partial charge in [-0.3, -0.25) is 4.79 Å². The quantitative estimate of drug-likeness (QED) is 0.804. The van der Waals surface area contributed by atoms with Crippen LogP contribution in [0.15, 0.2) is 42.5 Å². The Morgan fingerprint density at radius 3 is 2.57 bits per heavy atom. The number of hydrogen-bond donors (Lipinski definition) is 3. The van der Waals surface area contributed by atoms with Crippen LogP contribution in [0.4, 0.5) is 0 Å². The number of hydrogen-bond acceptors (Lipinski definition) is 3. The van der Waals surface area contributed by atoms with Crippen molar-refractivity contribution in [2.45, 2.75) is 13.5 Å². The van der Waals surface area contributed by atoms with Crippen molar-refractivity contribution < 1.29 is 19.8 Å². The zero-order valence-corrected chi connectivity index (χ0v) is 11.5. The van der Waals surface area contributed by atoms with Crippen LogP contribution in [0.2, 0.25) is 0 Å². The molecule has 0 spiro atoms. The number of carboxylic acid groups (broad SMARTS) is 1. The Hall–Kier alpha value is -2.82. The number of aromatic carboxylic acids is 1. The van der Waals surface area contributed by atoms with Gasteiger partial charge in [0.25, 0.3) is 5.91 Å².